The number of thiophene rings is 1. The summed E-state index contributed by atoms with van der Waals surface area (Å²) in [7, 11) is 0. The number of rotatable bonds is 7. The highest BCUT2D eigenvalue weighted by Gasteiger charge is 2.27. The first kappa shape index (κ1) is 19.3. The largest absolute Gasteiger partial charge is 0.411 e. The molecule has 1 fully saturated rings. The Hall–Kier alpha value is -1.49. The van der Waals surface area contributed by atoms with E-state index in [4.69, 9.17) is 0 Å². The summed E-state index contributed by atoms with van der Waals surface area (Å²) >= 11 is 1.38. The lowest BCUT2D eigenvalue weighted by Gasteiger charge is -2.34. The van der Waals surface area contributed by atoms with Crippen LogP contribution in [0.4, 0.5) is 13.2 Å². The van der Waals surface area contributed by atoms with Gasteiger partial charge < -0.3 is 14.6 Å². The summed E-state index contributed by atoms with van der Waals surface area (Å²) in [6, 6.07) is 1.84. The molecule has 1 aliphatic heterocycles. The molecule has 0 unspecified atom stereocenters. The van der Waals surface area contributed by atoms with Gasteiger partial charge in [0.15, 0.2) is 0 Å². The molecule has 26 heavy (non-hydrogen) atoms. The molecule has 3 heterocycles. The van der Waals surface area contributed by atoms with Crippen LogP contribution >= 0.6 is 11.3 Å². The summed E-state index contributed by atoms with van der Waals surface area (Å²) in [4.78, 5) is 23.7. The molecule has 0 radical (unpaired) electrons. The maximum absolute atomic E-state index is 12.0. The highest BCUT2D eigenvalue weighted by Crippen LogP contribution is 2.15. The van der Waals surface area contributed by atoms with E-state index in [9.17, 15) is 18.0 Å². The number of nitrogens with one attached hydrogen (secondary N) is 1. The number of ether oxygens (including phenoxy) is 1. The summed E-state index contributed by atoms with van der Waals surface area (Å²) in [5.74, 6) is 0.662. The zero-order chi connectivity index (χ0) is 18.6. The molecule has 0 aromatic carbocycles. The van der Waals surface area contributed by atoms with Crippen molar-refractivity contribution < 1.29 is 17.9 Å². The van der Waals surface area contributed by atoms with Gasteiger partial charge >= 0.3 is 6.18 Å². The van der Waals surface area contributed by atoms with Crippen LogP contribution in [0.25, 0.3) is 10.2 Å². The van der Waals surface area contributed by atoms with Crippen molar-refractivity contribution in [3.63, 3.8) is 0 Å². The molecule has 1 N–H and O–H groups in total. The Kier molecular flexibility index (Phi) is 6.28. The van der Waals surface area contributed by atoms with E-state index in [2.05, 4.69) is 24.5 Å². The van der Waals surface area contributed by atoms with Crippen molar-refractivity contribution in [3.05, 3.63) is 27.6 Å². The van der Waals surface area contributed by atoms with Crippen LogP contribution in [0, 0.1) is 0 Å². The van der Waals surface area contributed by atoms with Crippen molar-refractivity contribution >= 4 is 21.6 Å². The highest BCUT2D eigenvalue weighted by molar-refractivity contribution is 7.17. The lowest BCUT2D eigenvalue weighted by Crippen LogP contribution is -2.46. The molecule has 0 saturated carbocycles. The van der Waals surface area contributed by atoms with Crippen molar-refractivity contribution in [2.24, 2.45) is 0 Å². The van der Waals surface area contributed by atoms with E-state index >= 15 is 0 Å². The van der Waals surface area contributed by atoms with E-state index < -0.39 is 12.8 Å². The van der Waals surface area contributed by atoms with Crippen molar-refractivity contribution in [3.8, 4) is 0 Å². The average Bonchev–Trinajstić information content (AvgIpc) is 3.04. The van der Waals surface area contributed by atoms with Crippen molar-refractivity contribution in [1.29, 1.82) is 0 Å². The van der Waals surface area contributed by atoms with Gasteiger partial charge in [-0.2, -0.15) is 13.2 Å². The van der Waals surface area contributed by atoms with Crippen LogP contribution < -0.4 is 5.56 Å². The van der Waals surface area contributed by atoms with Gasteiger partial charge in [-0.25, -0.2) is 4.98 Å². The summed E-state index contributed by atoms with van der Waals surface area (Å²) in [6.07, 6.45) is -3.67. The van der Waals surface area contributed by atoms with Gasteiger partial charge in [-0.3, -0.25) is 9.69 Å². The fourth-order valence-electron chi connectivity index (χ4n) is 2.96. The topological polar surface area (TPSA) is 61.5 Å². The molecule has 10 heteroatoms. The summed E-state index contributed by atoms with van der Waals surface area (Å²) in [5, 5.41) is 1.86. The Bertz CT molecular complexity index is 769. The minimum atomic E-state index is -4.26. The SMILES string of the molecule is O=c1[nH]c(CN2CCN(CCCOCC(F)(F)F)CC2)nc2ccsc12. The number of hydrogen-bond acceptors (Lipinski definition) is 6. The van der Waals surface area contributed by atoms with Gasteiger partial charge in [0, 0.05) is 39.3 Å². The molecule has 0 aliphatic carbocycles. The number of piperazine rings is 1. The van der Waals surface area contributed by atoms with Crippen LogP contribution in [0.1, 0.15) is 12.2 Å². The van der Waals surface area contributed by atoms with Crippen LogP contribution in [0.2, 0.25) is 0 Å². The highest BCUT2D eigenvalue weighted by atomic mass is 32.1. The Morgan fingerprint density at radius 1 is 1.23 bits per heavy atom. The van der Waals surface area contributed by atoms with E-state index in [0.717, 1.165) is 38.2 Å². The van der Waals surface area contributed by atoms with E-state index in [1.54, 1.807) is 0 Å². The Morgan fingerprint density at radius 2 is 1.96 bits per heavy atom. The van der Waals surface area contributed by atoms with Gasteiger partial charge in [-0.1, -0.05) is 0 Å². The third-order valence-corrected chi connectivity index (χ3v) is 5.13. The molecule has 0 spiro atoms. The fourth-order valence-corrected chi connectivity index (χ4v) is 3.68. The molecule has 0 atom stereocenters. The van der Waals surface area contributed by atoms with E-state index in [1.165, 1.54) is 11.3 Å². The standard InChI is InChI=1S/C16H21F3N4O2S/c17-16(18,19)11-25-8-1-3-22-4-6-23(7-5-22)10-13-20-12-2-9-26-14(12)15(24)21-13/h2,9H,1,3-8,10-11H2,(H,20,21,24). The summed E-state index contributed by atoms with van der Waals surface area (Å²) in [6.45, 7) is 3.58. The predicted octanol–water partition coefficient (Wildman–Crippen LogP) is 2.07. The average molecular weight is 390 g/mol. The van der Waals surface area contributed by atoms with Crippen LogP contribution in [0.3, 0.4) is 0 Å². The molecule has 1 saturated heterocycles. The lowest BCUT2D eigenvalue weighted by atomic mass is 10.3. The van der Waals surface area contributed by atoms with Gasteiger partial charge in [0.05, 0.1) is 12.1 Å². The predicted molar refractivity (Wildman–Crippen MR) is 93.4 cm³/mol. The number of aromatic amines is 1. The van der Waals surface area contributed by atoms with Crippen LogP contribution in [0.15, 0.2) is 16.2 Å². The number of fused-ring (bicyclic) bond motifs is 1. The first-order valence-corrected chi connectivity index (χ1v) is 9.34. The molecule has 1 aliphatic rings. The maximum atomic E-state index is 12.0. The first-order valence-electron chi connectivity index (χ1n) is 8.46. The Labute approximate surface area is 152 Å². The van der Waals surface area contributed by atoms with Crippen molar-refractivity contribution in [2.45, 2.75) is 19.1 Å². The quantitative estimate of drug-likeness (QED) is 0.734. The van der Waals surface area contributed by atoms with Gasteiger partial charge in [0.25, 0.3) is 5.56 Å². The van der Waals surface area contributed by atoms with Crippen LogP contribution in [0.5, 0.6) is 0 Å². The lowest BCUT2D eigenvalue weighted by molar-refractivity contribution is -0.174. The number of alkyl halides is 3. The van der Waals surface area contributed by atoms with Gasteiger partial charge in [0.1, 0.15) is 17.1 Å². The fraction of sp³-hybridized carbons (Fsp3) is 0.625. The third kappa shape index (κ3) is 5.50. The molecule has 2 aromatic rings. The second-order valence-corrected chi connectivity index (χ2v) is 7.20. The minimum absolute atomic E-state index is 0.0995. The second-order valence-electron chi connectivity index (χ2n) is 6.29. The molecule has 3 rings (SSSR count). The first-order chi connectivity index (χ1) is 12.4. The molecule has 144 valence electrons. The second kappa shape index (κ2) is 8.47. The molecule has 0 amide bonds. The summed E-state index contributed by atoms with van der Waals surface area (Å²) in [5.41, 5.74) is 0.628. The molecule has 6 nitrogen and oxygen atoms in total. The number of halogens is 3. The van der Waals surface area contributed by atoms with Crippen molar-refractivity contribution in [2.75, 3.05) is 45.9 Å². The number of H-pyrrole nitrogens is 1. The smallest absolute Gasteiger partial charge is 0.372 e. The van der Waals surface area contributed by atoms with Crippen LogP contribution in [-0.4, -0.2) is 71.9 Å². The normalized spacial score (nSPS) is 17.2. The Morgan fingerprint density at radius 3 is 2.69 bits per heavy atom. The van der Waals surface area contributed by atoms with E-state index in [1.807, 2.05) is 11.4 Å². The zero-order valence-corrected chi connectivity index (χ0v) is 15.0. The molecular weight excluding hydrogens is 369 g/mol. The molecule has 2 aromatic heterocycles. The Balaban J connectivity index is 1.39. The van der Waals surface area contributed by atoms with Gasteiger partial charge in [0.2, 0.25) is 0 Å². The maximum Gasteiger partial charge on any atom is 0.411 e. The molecular formula is C16H21F3N4O2S. The number of nitrogens with zero attached hydrogens (tertiary/aromatic N) is 3. The van der Waals surface area contributed by atoms with Gasteiger partial charge in [-0.15, -0.1) is 11.3 Å². The summed E-state index contributed by atoms with van der Waals surface area (Å²) < 4.78 is 41.2. The van der Waals surface area contributed by atoms with E-state index in [-0.39, 0.29) is 12.2 Å². The number of aromatic nitrogens is 2. The van der Waals surface area contributed by atoms with Crippen molar-refractivity contribution in [1.82, 2.24) is 19.8 Å². The zero-order valence-electron chi connectivity index (χ0n) is 14.2. The monoisotopic (exact) mass is 390 g/mol. The molecule has 0 bridgehead atoms. The van der Waals surface area contributed by atoms with Crippen LogP contribution in [-0.2, 0) is 11.3 Å². The van der Waals surface area contributed by atoms with E-state index in [0.29, 0.717) is 23.5 Å². The number of hydrogen-bond donors (Lipinski definition) is 1. The third-order valence-electron chi connectivity index (χ3n) is 4.23. The minimum Gasteiger partial charge on any atom is -0.372 e. The van der Waals surface area contributed by atoms with Gasteiger partial charge in [-0.05, 0) is 17.9 Å².